The molecule has 5 nitrogen and oxygen atoms in total. The van der Waals surface area contributed by atoms with Gasteiger partial charge in [-0.1, -0.05) is 29.8 Å². The maximum atomic E-state index is 12.2. The summed E-state index contributed by atoms with van der Waals surface area (Å²) < 4.78 is 1.68. The van der Waals surface area contributed by atoms with Crippen LogP contribution in [-0.2, 0) is 0 Å². The van der Waals surface area contributed by atoms with Crippen molar-refractivity contribution in [1.82, 2.24) is 14.8 Å². The Morgan fingerprint density at radius 3 is 2.71 bits per heavy atom. The van der Waals surface area contributed by atoms with Gasteiger partial charge in [-0.15, -0.1) is 0 Å². The molecule has 1 aromatic carbocycles. The van der Waals surface area contributed by atoms with E-state index in [0.717, 1.165) is 5.69 Å². The lowest BCUT2D eigenvalue weighted by atomic mass is 10.2. The quantitative estimate of drug-likeness (QED) is 0.756. The first-order chi connectivity index (χ1) is 10.2. The number of aromatic nitrogens is 3. The van der Waals surface area contributed by atoms with Crippen molar-refractivity contribution in [2.75, 3.05) is 5.32 Å². The highest BCUT2D eigenvalue weighted by molar-refractivity contribution is 6.29. The predicted molar refractivity (Wildman–Crippen MR) is 80.8 cm³/mol. The summed E-state index contributed by atoms with van der Waals surface area (Å²) in [6.45, 7) is 0. The Labute approximate surface area is 126 Å². The van der Waals surface area contributed by atoms with Crippen LogP contribution >= 0.6 is 11.6 Å². The first-order valence-corrected chi connectivity index (χ1v) is 6.65. The van der Waals surface area contributed by atoms with Crippen molar-refractivity contribution >= 4 is 23.2 Å². The number of anilines is 1. The summed E-state index contributed by atoms with van der Waals surface area (Å²) >= 11 is 5.80. The van der Waals surface area contributed by atoms with Crippen molar-refractivity contribution in [2.45, 2.75) is 0 Å². The third kappa shape index (κ3) is 2.93. The minimum Gasteiger partial charge on any atom is -0.319 e. The number of benzene rings is 1. The summed E-state index contributed by atoms with van der Waals surface area (Å²) in [5.41, 5.74) is 1.68. The fraction of sp³-hybridized carbons (Fsp3) is 0. The summed E-state index contributed by atoms with van der Waals surface area (Å²) in [7, 11) is 0. The van der Waals surface area contributed by atoms with Crippen LogP contribution in [0.2, 0.25) is 5.15 Å². The van der Waals surface area contributed by atoms with Crippen molar-refractivity contribution in [2.24, 2.45) is 0 Å². The zero-order valence-electron chi connectivity index (χ0n) is 10.9. The minimum absolute atomic E-state index is 0.262. The normalized spacial score (nSPS) is 10.3. The highest BCUT2D eigenvalue weighted by Gasteiger charge is 2.11. The molecule has 0 bridgehead atoms. The summed E-state index contributed by atoms with van der Waals surface area (Å²) in [6, 6.07) is 14.1. The fourth-order valence-corrected chi connectivity index (χ4v) is 2.08. The Hall–Kier alpha value is -2.66. The molecule has 1 amide bonds. The lowest BCUT2D eigenvalue weighted by molar-refractivity contribution is 0.102. The van der Waals surface area contributed by atoms with Crippen molar-refractivity contribution in [3.05, 3.63) is 71.8 Å². The number of carbonyl (C=O) groups is 1. The van der Waals surface area contributed by atoms with Crippen LogP contribution in [-0.4, -0.2) is 20.7 Å². The van der Waals surface area contributed by atoms with Gasteiger partial charge >= 0.3 is 0 Å². The van der Waals surface area contributed by atoms with E-state index in [4.69, 9.17) is 11.6 Å². The Balaban J connectivity index is 1.90. The number of para-hydroxylation sites is 2. The number of pyridine rings is 1. The number of nitrogens with one attached hydrogen (secondary N) is 1. The van der Waals surface area contributed by atoms with Gasteiger partial charge in [0.1, 0.15) is 10.8 Å². The van der Waals surface area contributed by atoms with E-state index in [0.29, 0.717) is 5.69 Å². The number of hydrogen-bond donors (Lipinski definition) is 1. The van der Waals surface area contributed by atoms with Gasteiger partial charge in [0.05, 0.1) is 11.4 Å². The molecule has 0 fully saturated rings. The second kappa shape index (κ2) is 5.76. The predicted octanol–water partition coefficient (Wildman–Crippen LogP) is 3.17. The maximum absolute atomic E-state index is 12.2. The Morgan fingerprint density at radius 2 is 1.95 bits per heavy atom. The molecule has 0 aliphatic heterocycles. The van der Waals surface area contributed by atoms with Crippen molar-refractivity contribution in [3.8, 4) is 5.69 Å². The summed E-state index contributed by atoms with van der Waals surface area (Å²) in [4.78, 5) is 16.2. The van der Waals surface area contributed by atoms with Gasteiger partial charge in [-0.05, 0) is 30.3 Å². The lowest BCUT2D eigenvalue weighted by Crippen LogP contribution is -2.15. The second-order valence-electron chi connectivity index (χ2n) is 4.27. The molecular formula is C15H11ClN4O. The van der Waals surface area contributed by atoms with Crippen molar-refractivity contribution in [3.63, 3.8) is 0 Å². The molecule has 21 heavy (non-hydrogen) atoms. The summed E-state index contributed by atoms with van der Waals surface area (Å²) in [5.74, 6) is -0.322. The third-order valence-electron chi connectivity index (χ3n) is 2.85. The summed E-state index contributed by atoms with van der Waals surface area (Å²) in [6.07, 6.45) is 3.49. The van der Waals surface area contributed by atoms with Crippen molar-refractivity contribution in [1.29, 1.82) is 0 Å². The molecule has 3 rings (SSSR count). The zero-order chi connectivity index (χ0) is 14.7. The smallest absolute Gasteiger partial charge is 0.274 e. The first kappa shape index (κ1) is 13.3. The molecule has 6 heteroatoms. The molecule has 0 aliphatic rings. The lowest BCUT2D eigenvalue weighted by Gasteiger charge is -2.10. The molecule has 0 saturated carbocycles. The Bertz CT molecular complexity index is 771. The number of halogens is 1. The van der Waals surface area contributed by atoms with Gasteiger partial charge in [-0.25, -0.2) is 9.67 Å². The van der Waals surface area contributed by atoms with E-state index in [-0.39, 0.29) is 16.8 Å². The molecule has 0 radical (unpaired) electrons. The number of rotatable bonds is 3. The molecule has 3 aromatic rings. The molecule has 2 aromatic heterocycles. The van der Waals surface area contributed by atoms with Gasteiger partial charge in [-0.3, -0.25) is 4.79 Å². The summed E-state index contributed by atoms with van der Waals surface area (Å²) in [5, 5.41) is 7.27. The number of amides is 1. The average molecular weight is 299 g/mol. The SMILES string of the molecule is O=C(Nc1ccccc1-n1cccn1)c1cccc(Cl)n1. The molecule has 0 aliphatic carbocycles. The molecule has 0 spiro atoms. The maximum Gasteiger partial charge on any atom is 0.274 e. The highest BCUT2D eigenvalue weighted by atomic mass is 35.5. The van der Waals surface area contributed by atoms with Crippen LogP contribution in [0.1, 0.15) is 10.5 Å². The Morgan fingerprint density at radius 1 is 1.10 bits per heavy atom. The van der Waals surface area contributed by atoms with Crippen LogP contribution < -0.4 is 5.32 Å². The molecule has 2 heterocycles. The fourth-order valence-electron chi connectivity index (χ4n) is 1.91. The minimum atomic E-state index is -0.322. The van der Waals surface area contributed by atoms with Crippen LogP contribution in [0.5, 0.6) is 0 Å². The standard InChI is InChI=1S/C15H11ClN4O/c16-14-8-3-6-12(18-14)15(21)19-11-5-1-2-7-13(11)20-10-4-9-17-20/h1-10H,(H,19,21). The number of nitrogens with zero attached hydrogens (tertiary/aromatic N) is 3. The van der Waals surface area contributed by atoms with E-state index in [1.54, 1.807) is 35.1 Å². The van der Waals surface area contributed by atoms with E-state index in [2.05, 4.69) is 15.4 Å². The first-order valence-electron chi connectivity index (χ1n) is 6.27. The van der Waals surface area contributed by atoms with Gasteiger partial charge in [0.2, 0.25) is 0 Å². The Kier molecular flexibility index (Phi) is 3.66. The topological polar surface area (TPSA) is 59.8 Å². The zero-order valence-corrected chi connectivity index (χ0v) is 11.7. The van der Waals surface area contributed by atoms with E-state index < -0.39 is 0 Å². The third-order valence-corrected chi connectivity index (χ3v) is 3.06. The largest absolute Gasteiger partial charge is 0.319 e. The van der Waals surface area contributed by atoms with Crippen LogP contribution in [0.25, 0.3) is 5.69 Å². The van der Waals surface area contributed by atoms with Gasteiger partial charge in [-0.2, -0.15) is 5.10 Å². The molecule has 104 valence electrons. The monoisotopic (exact) mass is 298 g/mol. The van der Waals surface area contributed by atoms with Gasteiger partial charge in [0.15, 0.2) is 0 Å². The highest BCUT2D eigenvalue weighted by Crippen LogP contribution is 2.19. The molecule has 0 unspecified atom stereocenters. The molecular weight excluding hydrogens is 288 g/mol. The number of carbonyl (C=O) groups excluding carboxylic acids is 1. The number of hydrogen-bond acceptors (Lipinski definition) is 3. The van der Waals surface area contributed by atoms with E-state index in [9.17, 15) is 4.79 Å². The molecule has 1 N–H and O–H groups in total. The van der Waals surface area contributed by atoms with E-state index in [1.807, 2.05) is 30.5 Å². The average Bonchev–Trinajstić information content (AvgIpc) is 3.02. The van der Waals surface area contributed by atoms with Crippen LogP contribution in [0.4, 0.5) is 5.69 Å². The van der Waals surface area contributed by atoms with Crippen LogP contribution in [0.15, 0.2) is 60.9 Å². The van der Waals surface area contributed by atoms with Gasteiger partial charge in [0.25, 0.3) is 5.91 Å². The van der Waals surface area contributed by atoms with Gasteiger partial charge in [0, 0.05) is 12.4 Å². The molecule has 0 saturated heterocycles. The van der Waals surface area contributed by atoms with Crippen LogP contribution in [0.3, 0.4) is 0 Å². The van der Waals surface area contributed by atoms with E-state index >= 15 is 0 Å². The molecule has 0 atom stereocenters. The van der Waals surface area contributed by atoms with Crippen LogP contribution in [0, 0.1) is 0 Å². The van der Waals surface area contributed by atoms with Gasteiger partial charge < -0.3 is 5.32 Å². The van der Waals surface area contributed by atoms with Crippen molar-refractivity contribution < 1.29 is 4.79 Å². The second-order valence-corrected chi connectivity index (χ2v) is 4.65. The van der Waals surface area contributed by atoms with E-state index in [1.165, 1.54) is 0 Å².